The molecule has 0 saturated carbocycles. The first-order chi connectivity index (χ1) is 11.5. The van der Waals surface area contributed by atoms with Crippen molar-refractivity contribution < 1.29 is 14.5 Å². The summed E-state index contributed by atoms with van der Waals surface area (Å²) in [6.45, 7) is 11.3. The molecule has 132 valence electrons. The van der Waals surface area contributed by atoms with Crippen LogP contribution in [0.2, 0.25) is 0 Å². The van der Waals surface area contributed by atoms with Crippen LogP contribution < -0.4 is 15.5 Å². The number of carbonyl (C=O) groups excluding carboxylic acids is 2. The number of piperazine rings is 1. The van der Waals surface area contributed by atoms with Gasteiger partial charge in [-0.05, 0) is 38.5 Å². The lowest BCUT2D eigenvalue weighted by Gasteiger charge is -2.31. The zero-order valence-corrected chi connectivity index (χ0v) is 14.9. The number of urea groups is 1. The quantitative estimate of drug-likeness (QED) is 0.723. The van der Waals surface area contributed by atoms with Gasteiger partial charge in [0.2, 0.25) is 0 Å². The Kier molecular flexibility index (Phi) is 6.61. The number of likely N-dealkylation sites (N-methyl/N-ethyl adjacent to an activating group) is 1. The van der Waals surface area contributed by atoms with Gasteiger partial charge in [0.15, 0.2) is 0 Å². The van der Waals surface area contributed by atoms with E-state index < -0.39 is 0 Å². The molecule has 1 aliphatic rings. The van der Waals surface area contributed by atoms with Gasteiger partial charge in [0, 0.05) is 18.2 Å². The molecule has 0 bridgehead atoms. The number of nitrogens with one attached hydrogen (secondary N) is 3. The van der Waals surface area contributed by atoms with Crippen molar-refractivity contribution in [1.29, 1.82) is 0 Å². The monoisotopic (exact) mass is 333 g/mol. The first kappa shape index (κ1) is 18.3. The molecule has 0 spiro atoms. The Bertz CT molecular complexity index is 549. The first-order valence-corrected chi connectivity index (χ1v) is 8.75. The molecule has 1 aromatic rings. The standard InChI is InChI=1S/C18H28N4O2/c1-4-21-9-11-22(12-10-21)17(23)16-7-5-15(6-8-16)13-19-18(24)20-14(2)3/h5-8,14H,4,9-13H2,1-3H3,(H2,19,20,24)/p+1. The van der Waals surface area contributed by atoms with Gasteiger partial charge in [0.05, 0.1) is 32.7 Å². The third kappa shape index (κ3) is 5.23. The minimum absolute atomic E-state index is 0.0993. The van der Waals surface area contributed by atoms with Crippen LogP contribution in [0.25, 0.3) is 0 Å². The lowest BCUT2D eigenvalue weighted by Crippen LogP contribution is -3.14. The highest BCUT2D eigenvalue weighted by Gasteiger charge is 2.23. The minimum Gasteiger partial charge on any atom is -0.336 e. The van der Waals surface area contributed by atoms with Crippen LogP contribution in [0.4, 0.5) is 4.79 Å². The Morgan fingerprint density at radius 3 is 2.33 bits per heavy atom. The normalized spacial score (nSPS) is 15.4. The highest BCUT2D eigenvalue weighted by atomic mass is 16.2. The molecule has 0 aliphatic carbocycles. The fraction of sp³-hybridized carbons (Fsp3) is 0.556. The largest absolute Gasteiger partial charge is 0.336 e. The highest BCUT2D eigenvalue weighted by molar-refractivity contribution is 5.94. The maximum Gasteiger partial charge on any atom is 0.315 e. The predicted molar refractivity (Wildman–Crippen MR) is 94.1 cm³/mol. The second-order valence-electron chi connectivity index (χ2n) is 6.57. The Labute approximate surface area is 144 Å². The van der Waals surface area contributed by atoms with Crippen LogP contribution in [-0.2, 0) is 6.54 Å². The second kappa shape index (κ2) is 8.68. The molecule has 0 atom stereocenters. The second-order valence-corrected chi connectivity index (χ2v) is 6.57. The lowest BCUT2D eigenvalue weighted by molar-refractivity contribution is -0.902. The molecular formula is C18H29N4O2+. The van der Waals surface area contributed by atoms with Gasteiger partial charge in [0.1, 0.15) is 0 Å². The molecule has 3 amide bonds. The van der Waals surface area contributed by atoms with Crippen molar-refractivity contribution in [1.82, 2.24) is 15.5 Å². The van der Waals surface area contributed by atoms with Crippen molar-refractivity contribution in [2.24, 2.45) is 0 Å². The van der Waals surface area contributed by atoms with E-state index in [0.717, 1.165) is 38.3 Å². The van der Waals surface area contributed by atoms with Gasteiger partial charge in [-0.1, -0.05) is 12.1 Å². The van der Waals surface area contributed by atoms with E-state index in [1.54, 1.807) is 4.90 Å². The van der Waals surface area contributed by atoms with Gasteiger partial charge < -0.3 is 20.4 Å². The van der Waals surface area contributed by atoms with Crippen molar-refractivity contribution in [3.63, 3.8) is 0 Å². The van der Waals surface area contributed by atoms with Crippen LogP contribution in [-0.4, -0.2) is 55.6 Å². The summed E-state index contributed by atoms with van der Waals surface area (Å²) < 4.78 is 0. The molecule has 1 aliphatic heterocycles. The summed E-state index contributed by atoms with van der Waals surface area (Å²) in [5.74, 6) is 0.0993. The number of amides is 3. The molecule has 0 unspecified atom stereocenters. The van der Waals surface area contributed by atoms with Gasteiger partial charge in [-0.25, -0.2) is 4.79 Å². The maximum atomic E-state index is 12.5. The average molecular weight is 333 g/mol. The number of carbonyl (C=O) groups is 2. The van der Waals surface area contributed by atoms with E-state index in [1.165, 1.54) is 0 Å². The number of benzene rings is 1. The van der Waals surface area contributed by atoms with E-state index in [0.29, 0.717) is 12.1 Å². The van der Waals surface area contributed by atoms with Crippen LogP contribution in [0.3, 0.4) is 0 Å². The van der Waals surface area contributed by atoms with E-state index in [1.807, 2.05) is 43.0 Å². The van der Waals surface area contributed by atoms with Crippen LogP contribution in [0, 0.1) is 0 Å². The Balaban J connectivity index is 1.85. The maximum absolute atomic E-state index is 12.5. The van der Waals surface area contributed by atoms with Crippen molar-refractivity contribution >= 4 is 11.9 Å². The molecule has 6 nitrogen and oxygen atoms in total. The van der Waals surface area contributed by atoms with Crippen LogP contribution in [0.15, 0.2) is 24.3 Å². The van der Waals surface area contributed by atoms with E-state index in [4.69, 9.17) is 0 Å². The van der Waals surface area contributed by atoms with Crippen molar-refractivity contribution in [2.75, 3.05) is 32.7 Å². The molecule has 2 rings (SSSR count). The van der Waals surface area contributed by atoms with Crippen molar-refractivity contribution in [2.45, 2.75) is 33.4 Å². The van der Waals surface area contributed by atoms with Gasteiger partial charge in [0.25, 0.3) is 5.91 Å². The fourth-order valence-corrected chi connectivity index (χ4v) is 2.82. The summed E-state index contributed by atoms with van der Waals surface area (Å²) in [4.78, 5) is 27.6. The van der Waals surface area contributed by atoms with E-state index in [2.05, 4.69) is 17.6 Å². The molecule has 1 aromatic carbocycles. The molecule has 3 N–H and O–H groups in total. The van der Waals surface area contributed by atoms with E-state index in [-0.39, 0.29) is 18.0 Å². The summed E-state index contributed by atoms with van der Waals surface area (Å²) in [6.07, 6.45) is 0. The van der Waals surface area contributed by atoms with Crippen LogP contribution >= 0.6 is 0 Å². The zero-order valence-electron chi connectivity index (χ0n) is 14.9. The highest BCUT2D eigenvalue weighted by Crippen LogP contribution is 2.08. The van der Waals surface area contributed by atoms with Gasteiger partial charge >= 0.3 is 6.03 Å². The van der Waals surface area contributed by atoms with Crippen molar-refractivity contribution in [3.05, 3.63) is 35.4 Å². The number of hydrogen-bond donors (Lipinski definition) is 3. The smallest absolute Gasteiger partial charge is 0.315 e. The van der Waals surface area contributed by atoms with Crippen molar-refractivity contribution in [3.8, 4) is 0 Å². The summed E-state index contributed by atoms with van der Waals surface area (Å²) in [5.41, 5.74) is 1.69. The molecule has 24 heavy (non-hydrogen) atoms. The topological polar surface area (TPSA) is 65.9 Å². The third-order valence-electron chi connectivity index (χ3n) is 4.33. The fourth-order valence-electron chi connectivity index (χ4n) is 2.82. The number of quaternary nitrogens is 1. The Morgan fingerprint density at radius 1 is 1.17 bits per heavy atom. The molecule has 1 saturated heterocycles. The Morgan fingerprint density at radius 2 is 1.79 bits per heavy atom. The molecule has 1 heterocycles. The van der Waals surface area contributed by atoms with E-state index >= 15 is 0 Å². The van der Waals surface area contributed by atoms with Gasteiger partial charge in [-0.15, -0.1) is 0 Å². The number of nitrogens with zero attached hydrogens (tertiary/aromatic N) is 1. The average Bonchev–Trinajstić information content (AvgIpc) is 2.59. The van der Waals surface area contributed by atoms with Gasteiger partial charge in [-0.2, -0.15) is 0 Å². The molecule has 0 aromatic heterocycles. The predicted octanol–water partition coefficient (Wildman–Crippen LogP) is 0.255. The Hall–Kier alpha value is -2.08. The molecule has 6 heteroatoms. The molecule has 1 fully saturated rings. The van der Waals surface area contributed by atoms with E-state index in [9.17, 15) is 9.59 Å². The summed E-state index contributed by atoms with van der Waals surface area (Å²) in [6, 6.07) is 7.42. The summed E-state index contributed by atoms with van der Waals surface area (Å²) >= 11 is 0. The van der Waals surface area contributed by atoms with Gasteiger partial charge in [-0.3, -0.25) is 4.79 Å². The lowest BCUT2D eigenvalue weighted by atomic mass is 10.1. The molecule has 0 radical (unpaired) electrons. The third-order valence-corrected chi connectivity index (χ3v) is 4.33. The minimum atomic E-state index is -0.179. The van der Waals surface area contributed by atoms with Crippen LogP contribution in [0.5, 0.6) is 0 Å². The first-order valence-electron chi connectivity index (χ1n) is 8.75. The summed E-state index contributed by atoms with van der Waals surface area (Å²) in [7, 11) is 0. The number of rotatable bonds is 5. The summed E-state index contributed by atoms with van der Waals surface area (Å²) in [5, 5.41) is 5.59. The number of hydrogen-bond acceptors (Lipinski definition) is 2. The zero-order chi connectivity index (χ0) is 17.5. The van der Waals surface area contributed by atoms with Crippen LogP contribution in [0.1, 0.15) is 36.7 Å². The SMILES string of the molecule is CC[NH+]1CCN(C(=O)c2ccc(CNC(=O)NC(C)C)cc2)CC1. The molecular weight excluding hydrogens is 304 g/mol.